The number of unbranched alkanes of at least 4 members (excludes halogenated alkanes) is 1. The van der Waals surface area contributed by atoms with E-state index in [2.05, 4.69) is 11.9 Å². The minimum absolute atomic E-state index is 0.214. The molecule has 32 heavy (non-hydrogen) atoms. The lowest BCUT2D eigenvalue weighted by Gasteiger charge is -2.11. The van der Waals surface area contributed by atoms with Crippen molar-refractivity contribution < 1.29 is 29.3 Å². The number of aromatic hydroxyl groups is 1. The SMILES string of the molecule is CCCCOc1ccc(/C=C2\SC(=Nc3ccc(C(=O)O)c(O)c3)N(C)C2=O)cc1OC. The highest BCUT2D eigenvalue weighted by atomic mass is 32.2. The molecule has 0 bridgehead atoms. The minimum Gasteiger partial charge on any atom is -0.507 e. The first-order chi connectivity index (χ1) is 15.3. The number of hydrogen-bond acceptors (Lipinski definition) is 7. The predicted molar refractivity (Wildman–Crippen MR) is 124 cm³/mol. The van der Waals surface area contributed by atoms with Crippen LogP contribution in [0.2, 0.25) is 0 Å². The second-order valence-electron chi connectivity index (χ2n) is 6.99. The Labute approximate surface area is 190 Å². The predicted octanol–water partition coefficient (Wildman–Crippen LogP) is 4.51. The van der Waals surface area contributed by atoms with E-state index in [-0.39, 0.29) is 17.2 Å². The van der Waals surface area contributed by atoms with Crippen molar-refractivity contribution in [2.75, 3.05) is 20.8 Å². The lowest BCUT2D eigenvalue weighted by atomic mass is 10.2. The molecule has 0 atom stereocenters. The fourth-order valence-corrected chi connectivity index (χ4v) is 3.89. The molecule has 1 aliphatic heterocycles. The van der Waals surface area contributed by atoms with Gasteiger partial charge in [-0.15, -0.1) is 0 Å². The smallest absolute Gasteiger partial charge is 0.339 e. The van der Waals surface area contributed by atoms with Gasteiger partial charge >= 0.3 is 5.97 Å². The highest BCUT2D eigenvalue weighted by Gasteiger charge is 2.30. The number of carbonyl (C=O) groups is 2. The largest absolute Gasteiger partial charge is 0.507 e. The quantitative estimate of drug-likeness (QED) is 0.444. The first kappa shape index (κ1) is 23.2. The third-order valence-corrected chi connectivity index (χ3v) is 5.74. The van der Waals surface area contributed by atoms with Gasteiger partial charge in [0.25, 0.3) is 5.91 Å². The molecule has 0 spiro atoms. The number of phenols is 1. The Bertz CT molecular complexity index is 1100. The van der Waals surface area contributed by atoms with Crippen molar-refractivity contribution in [3.8, 4) is 17.2 Å². The van der Waals surface area contributed by atoms with Crippen LogP contribution in [0.4, 0.5) is 5.69 Å². The Morgan fingerprint density at radius 1 is 1.22 bits per heavy atom. The van der Waals surface area contributed by atoms with Crippen LogP contribution in [0.1, 0.15) is 35.7 Å². The number of carboxylic acid groups (broad SMARTS) is 1. The number of amidine groups is 1. The van der Waals surface area contributed by atoms with Crippen LogP contribution in [0.15, 0.2) is 46.3 Å². The molecular formula is C23H24N2O6S. The number of carboxylic acids is 1. The molecule has 2 aromatic carbocycles. The normalized spacial score (nSPS) is 16.1. The van der Waals surface area contributed by atoms with Crippen LogP contribution in [0, 0.1) is 0 Å². The van der Waals surface area contributed by atoms with Crippen molar-refractivity contribution in [2.24, 2.45) is 4.99 Å². The zero-order valence-corrected chi connectivity index (χ0v) is 18.8. The molecule has 1 amide bonds. The van der Waals surface area contributed by atoms with Crippen molar-refractivity contribution in [3.05, 3.63) is 52.4 Å². The molecule has 1 aliphatic rings. The van der Waals surface area contributed by atoms with Gasteiger partial charge in [-0.3, -0.25) is 9.69 Å². The minimum atomic E-state index is -1.23. The standard InChI is InChI=1S/C23H24N2O6S/c1-4-5-10-31-18-9-6-14(11-19(18)30-3)12-20-21(27)25(2)23(32-20)24-15-7-8-16(22(28)29)17(26)13-15/h6-9,11-13,26H,4-5,10H2,1-3H3,(H,28,29)/b20-12-,24-23?. The van der Waals surface area contributed by atoms with Gasteiger partial charge in [0.1, 0.15) is 11.3 Å². The summed E-state index contributed by atoms with van der Waals surface area (Å²) >= 11 is 1.18. The zero-order chi connectivity index (χ0) is 23.3. The molecule has 0 radical (unpaired) electrons. The van der Waals surface area contributed by atoms with Crippen molar-refractivity contribution in [2.45, 2.75) is 19.8 Å². The molecule has 0 saturated carbocycles. The van der Waals surface area contributed by atoms with E-state index < -0.39 is 5.97 Å². The number of ether oxygens (including phenoxy) is 2. The Balaban J connectivity index is 1.83. The molecule has 2 aromatic rings. The van der Waals surface area contributed by atoms with Crippen molar-refractivity contribution in [1.29, 1.82) is 0 Å². The van der Waals surface area contributed by atoms with E-state index in [4.69, 9.17) is 14.6 Å². The average Bonchev–Trinajstić information content (AvgIpc) is 3.02. The van der Waals surface area contributed by atoms with Gasteiger partial charge in [0, 0.05) is 13.1 Å². The molecule has 1 fully saturated rings. The van der Waals surface area contributed by atoms with E-state index in [1.165, 1.54) is 34.9 Å². The summed E-state index contributed by atoms with van der Waals surface area (Å²) in [4.78, 5) is 30.0. The third-order valence-electron chi connectivity index (χ3n) is 4.68. The molecule has 0 aliphatic carbocycles. The van der Waals surface area contributed by atoms with E-state index in [0.717, 1.165) is 18.4 Å². The molecule has 8 nitrogen and oxygen atoms in total. The fourth-order valence-electron chi connectivity index (χ4n) is 2.90. The molecule has 0 unspecified atom stereocenters. The first-order valence-corrected chi connectivity index (χ1v) is 10.8. The van der Waals surface area contributed by atoms with Crippen LogP contribution in [-0.2, 0) is 4.79 Å². The molecule has 0 aromatic heterocycles. The number of amides is 1. The number of aromatic carboxylic acids is 1. The number of rotatable bonds is 8. The summed E-state index contributed by atoms with van der Waals surface area (Å²) in [6.45, 7) is 2.70. The summed E-state index contributed by atoms with van der Waals surface area (Å²) in [6, 6.07) is 9.46. The van der Waals surface area contributed by atoms with Gasteiger partial charge in [0.05, 0.1) is 24.3 Å². The molecule has 168 valence electrons. The summed E-state index contributed by atoms with van der Waals surface area (Å²) in [5.74, 6) is -0.603. The van der Waals surface area contributed by atoms with Crippen LogP contribution in [0.5, 0.6) is 17.2 Å². The number of hydrogen-bond donors (Lipinski definition) is 2. The van der Waals surface area contributed by atoms with Gasteiger partial charge in [-0.2, -0.15) is 0 Å². The lowest BCUT2D eigenvalue weighted by molar-refractivity contribution is -0.121. The van der Waals surface area contributed by atoms with Crippen LogP contribution in [0.25, 0.3) is 6.08 Å². The summed E-state index contributed by atoms with van der Waals surface area (Å²) < 4.78 is 11.2. The monoisotopic (exact) mass is 456 g/mol. The number of benzene rings is 2. The summed E-state index contributed by atoms with van der Waals surface area (Å²) in [6.07, 6.45) is 3.73. The summed E-state index contributed by atoms with van der Waals surface area (Å²) in [7, 11) is 3.17. The second kappa shape index (κ2) is 10.2. The number of thioether (sulfide) groups is 1. The number of likely N-dealkylation sites (N-methyl/N-ethyl adjacent to an activating group) is 1. The fraction of sp³-hybridized carbons (Fsp3) is 0.261. The number of nitrogens with zero attached hydrogens (tertiary/aromatic N) is 2. The van der Waals surface area contributed by atoms with Crippen molar-refractivity contribution in [3.63, 3.8) is 0 Å². The van der Waals surface area contributed by atoms with Crippen LogP contribution >= 0.6 is 11.8 Å². The average molecular weight is 457 g/mol. The second-order valence-corrected chi connectivity index (χ2v) is 8.00. The highest BCUT2D eigenvalue weighted by molar-refractivity contribution is 8.18. The van der Waals surface area contributed by atoms with Crippen LogP contribution < -0.4 is 9.47 Å². The Morgan fingerprint density at radius 3 is 2.66 bits per heavy atom. The van der Waals surface area contributed by atoms with Crippen LogP contribution in [0.3, 0.4) is 0 Å². The van der Waals surface area contributed by atoms with Crippen molar-refractivity contribution in [1.82, 2.24) is 4.90 Å². The molecule has 1 heterocycles. The maximum absolute atomic E-state index is 12.7. The van der Waals surface area contributed by atoms with Gasteiger partial charge in [-0.1, -0.05) is 19.4 Å². The Morgan fingerprint density at radius 2 is 2.00 bits per heavy atom. The van der Waals surface area contributed by atoms with E-state index in [9.17, 15) is 14.7 Å². The van der Waals surface area contributed by atoms with Gasteiger partial charge in [0.2, 0.25) is 0 Å². The zero-order valence-electron chi connectivity index (χ0n) is 18.0. The van der Waals surface area contributed by atoms with E-state index in [1.807, 2.05) is 12.1 Å². The van der Waals surface area contributed by atoms with E-state index in [1.54, 1.807) is 26.3 Å². The van der Waals surface area contributed by atoms with E-state index in [0.29, 0.717) is 33.9 Å². The number of methoxy groups -OCH3 is 1. The molecule has 2 N–H and O–H groups in total. The lowest BCUT2D eigenvalue weighted by Crippen LogP contribution is -2.23. The first-order valence-electron chi connectivity index (χ1n) is 9.97. The Hall–Kier alpha value is -3.46. The number of carbonyl (C=O) groups excluding carboxylic acids is 1. The molecular weight excluding hydrogens is 432 g/mol. The summed E-state index contributed by atoms with van der Waals surface area (Å²) in [5.41, 5.74) is 0.902. The van der Waals surface area contributed by atoms with Crippen LogP contribution in [-0.4, -0.2) is 52.9 Å². The number of aliphatic imine (C=N–C) groups is 1. The van der Waals surface area contributed by atoms with Gasteiger partial charge in [-0.05, 0) is 54.1 Å². The van der Waals surface area contributed by atoms with Gasteiger partial charge in [-0.25, -0.2) is 9.79 Å². The maximum Gasteiger partial charge on any atom is 0.339 e. The molecule has 9 heteroatoms. The Kier molecular flexibility index (Phi) is 7.42. The summed E-state index contributed by atoms with van der Waals surface area (Å²) in [5, 5.41) is 19.3. The van der Waals surface area contributed by atoms with Crippen molar-refractivity contribution >= 4 is 40.6 Å². The van der Waals surface area contributed by atoms with E-state index >= 15 is 0 Å². The van der Waals surface area contributed by atoms with Gasteiger partial charge in [0.15, 0.2) is 16.7 Å². The third kappa shape index (κ3) is 5.23. The molecule has 1 saturated heterocycles. The highest BCUT2D eigenvalue weighted by Crippen LogP contribution is 2.36. The maximum atomic E-state index is 12.7. The molecule has 3 rings (SSSR count). The topological polar surface area (TPSA) is 109 Å². The van der Waals surface area contributed by atoms with Gasteiger partial charge < -0.3 is 19.7 Å².